The van der Waals surface area contributed by atoms with E-state index >= 15 is 0 Å². The van der Waals surface area contributed by atoms with E-state index in [9.17, 15) is 0 Å². The van der Waals surface area contributed by atoms with E-state index in [1.54, 1.807) is 0 Å². The maximum Gasteiger partial charge on any atom is 0.278 e. The van der Waals surface area contributed by atoms with Gasteiger partial charge in [-0.25, -0.2) is 4.98 Å². The van der Waals surface area contributed by atoms with Crippen LogP contribution in [0.4, 0.5) is 0 Å². The highest BCUT2D eigenvalue weighted by Gasteiger charge is 2.36. The molecule has 3 heterocycles. The highest BCUT2D eigenvalue weighted by Crippen LogP contribution is 2.35. The molecule has 0 unspecified atom stereocenters. The highest BCUT2D eigenvalue weighted by molar-refractivity contribution is 5.85. The van der Waals surface area contributed by atoms with E-state index < -0.39 is 5.54 Å². The molecule has 0 aromatic carbocycles. The smallest absolute Gasteiger partial charge is 0.278 e. The standard InChI is InChI=1S/C15H17N5O.ClH/c1-10-4-7-20-9-11(17-12(20)8-10)13-18-14(19-21-13)15(16)5-2-3-6-15;/h4,7-9H,2-3,5-6,16H2,1H3;1H. The van der Waals surface area contributed by atoms with Gasteiger partial charge in [0.05, 0.1) is 5.54 Å². The molecule has 6 nitrogen and oxygen atoms in total. The van der Waals surface area contributed by atoms with Crippen molar-refractivity contribution in [3.05, 3.63) is 35.9 Å². The fraction of sp³-hybridized carbons (Fsp3) is 0.400. The Bertz CT molecular complexity index is 803. The second-order valence-electron chi connectivity index (χ2n) is 5.88. The van der Waals surface area contributed by atoms with Gasteiger partial charge in [-0.3, -0.25) is 0 Å². The Morgan fingerprint density at radius 2 is 2.05 bits per heavy atom. The maximum atomic E-state index is 6.36. The Kier molecular flexibility index (Phi) is 3.66. The van der Waals surface area contributed by atoms with Crippen molar-refractivity contribution in [3.63, 3.8) is 0 Å². The lowest BCUT2D eigenvalue weighted by molar-refractivity contribution is 0.372. The van der Waals surface area contributed by atoms with Gasteiger partial charge >= 0.3 is 0 Å². The van der Waals surface area contributed by atoms with Gasteiger partial charge in [-0.05, 0) is 37.5 Å². The lowest BCUT2D eigenvalue weighted by Gasteiger charge is -2.17. The van der Waals surface area contributed by atoms with Crippen LogP contribution in [0.25, 0.3) is 17.2 Å². The van der Waals surface area contributed by atoms with Crippen LogP contribution in [0.3, 0.4) is 0 Å². The molecule has 0 radical (unpaired) electrons. The zero-order valence-corrected chi connectivity index (χ0v) is 13.1. The summed E-state index contributed by atoms with van der Waals surface area (Å²) in [5.41, 5.74) is 8.64. The molecule has 0 saturated heterocycles. The van der Waals surface area contributed by atoms with E-state index in [1.165, 1.54) is 0 Å². The Morgan fingerprint density at radius 1 is 1.27 bits per heavy atom. The minimum Gasteiger partial charge on any atom is -0.332 e. The third-order valence-electron chi connectivity index (χ3n) is 4.20. The molecular weight excluding hydrogens is 302 g/mol. The molecule has 0 bridgehead atoms. The van der Waals surface area contributed by atoms with Gasteiger partial charge < -0.3 is 14.7 Å². The van der Waals surface area contributed by atoms with Crippen molar-refractivity contribution in [2.24, 2.45) is 5.73 Å². The third-order valence-corrected chi connectivity index (χ3v) is 4.20. The van der Waals surface area contributed by atoms with Crippen molar-refractivity contribution in [2.75, 3.05) is 0 Å². The van der Waals surface area contributed by atoms with Gasteiger partial charge in [0.2, 0.25) is 0 Å². The summed E-state index contributed by atoms with van der Waals surface area (Å²) in [5, 5.41) is 4.07. The molecule has 3 aromatic heterocycles. The molecule has 1 aliphatic rings. The van der Waals surface area contributed by atoms with Crippen LogP contribution in [-0.2, 0) is 5.54 Å². The average molecular weight is 320 g/mol. The van der Waals surface area contributed by atoms with Crippen molar-refractivity contribution < 1.29 is 4.52 Å². The number of fused-ring (bicyclic) bond motifs is 1. The van der Waals surface area contributed by atoms with Gasteiger partial charge in [0.1, 0.15) is 11.3 Å². The molecular formula is C15H18ClN5O. The molecule has 3 aromatic rings. The summed E-state index contributed by atoms with van der Waals surface area (Å²) >= 11 is 0. The molecule has 1 aliphatic carbocycles. The van der Waals surface area contributed by atoms with Crippen LogP contribution in [0.15, 0.2) is 29.0 Å². The molecule has 2 N–H and O–H groups in total. The number of nitrogens with two attached hydrogens (primary N) is 1. The van der Waals surface area contributed by atoms with E-state index in [0.717, 1.165) is 36.9 Å². The molecule has 22 heavy (non-hydrogen) atoms. The van der Waals surface area contributed by atoms with Crippen LogP contribution in [0.5, 0.6) is 0 Å². The number of pyridine rings is 1. The predicted octanol–water partition coefficient (Wildman–Crippen LogP) is 2.84. The van der Waals surface area contributed by atoms with E-state index in [1.807, 2.05) is 35.9 Å². The summed E-state index contributed by atoms with van der Waals surface area (Å²) in [4.78, 5) is 9.01. The molecule has 0 aliphatic heterocycles. The zero-order chi connectivity index (χ0) is 14.4. The van der Waals surface area contributed by atoms with Crippen molar-refractivity contribution in [2.45, 2.75) is 38.1 Å². The Hall–Kier alpha value is -1.92. The fourth-order valence-electron chi connectivity index (χ4n) is 2.95. The Balaban J connectivity index is 0.00000144. The molecule has 7 heteroatoms. The first-order chi connectivity index (χ1) is 10.1. The summed E-state index contributed by atoms with van der Waals surface area (Å²) < 4.78 is 7.32. The molecule has 0 amide bonds. The number of rotatable bonds is 2. The predicted molar refractivity (Wildman–Crippen MR) is 84.8 cm³/mol. The monoisotopic (exact) mass is 319 g/mol. The van der Waals surface area contributed by atoms with Crippen molar-refractivity contribution in [1.29, 1.82) is 0 Å². The van der Waals surface area contributed by atoms with Gasteiger partial charge in [0.15, 0.2) is 5.82 Å². The van der Waals surface area contributed by atoms with Crippen molar-refractivity contribution >= 4 is 18.1 Å². The SMILES string of the molecule is Cc1ccn2cc(-c3nc(C4(N)CCCC4)no3)nc2c1.Cl. The third kappa shape index (κ3) is 2.38. The summed E-state index contributed by atoms with van der Waals surface area (Å²) in [7, 11) is 0. The molecule has 1 fully saturated rings. The average Bonchev–Trinajstić information content (AvgIpc) is 3.15. The van der Waals surface area contributed by atoms with Crippen LogP contribution >= 0.6 is 12.4 Å². The van der Waals surface area contributed by atoms with Crippen molar-refractivity contribution in [1.82, 2.24) is 19.5 Å². The Morgan fingerprint density at radius 3 is 2.82 bits per heavy atom. The number of hydrogen-bond donors (Lipinski definition) is 1. The second-order valence-corrected chi connectivity index (χ2v) is 5.88. The summed E-state index contributed by atoms with van der Waals surface area (Å²) in [6.07, 6.45) is 7.93. The van der Waals surface area contributed by atoms with Gasteiger partial charge in [-0.1, -0.05) is 18.0 Å². The topological polar surface area (TPSA) is 82.2 Å². The van der Waals surface area contributed by atoms with Gasteiger partial charge in [0, 0.05) is 12.4 Å². The van der Waals surface area contributed by atoms with Crippen LogP contribution < -0.4 is 5.73 Å². The van der Waals surface area contributed by atoms with E-state index in [0.29, 0.717) is 17.4 Å². The first-order valence-electron chi connectivity index (χ1n) is 7.23. The highest BCUT2D eigenvalue weighted by atomic mass is 35.5. The van der Waals surface area contributed by atoms with E-state index in [4.69, 9.17) is 10.3 Å². The zero-order valence-electron chi connectivity index (χ0n) is 12.3. The molecule has 0 spiro atoms. The quantitative estimate of drug-likeness (QED) is 0.785. The number of aromatic nitrogens is 4. The van der Waals surface area contributed by atoms with Gasteiger partial charge in [-0.2, -0.15) is 4.98 Å². The lowest BCUT2D eigenvalue weighted by Crippen LogP contribution is -2.34. The summed E-state index contributed by atoms with van der Waals surface area (Å²) in [6, 6.07) is 4.05. The minimum absolute atomic E-state index is 0. The lowest BCUT2D eigenvalue weighted by atomic mass is 9.99. The largest absolute Gasteiger partial charge is 0.332 e. The van der Waals surface area contributed by atoms with Gasteiger partial charge in [-0.15, -0.1) is 12.4 Å². The van der Waals surface area contributed by atoms with Crippen LogP contribution in [0.2, 0.25) is 0 Å². The number of nitrogens with zero attached hydrogens (tertiary/aromatic N) is 4. The number of imidazole rings is 1. The molecule has 1 saturated carbocycles. The number of hydrogen-bond acceptors (Lipinski definition) is 5. The first kappa shape index (κ1) is 15.0. The second kappa shape index (κ2) is 5.37. The number of aryl methyl sites for hydroxylation is 1. The summed E-state index contributed by atoms with van der Waals surface area (Å²) in [6.45, 7) is 2.04. The Labute approximate surface area is 134 Å². The van der Waals surface area contributed by atoms with E-state index in [2.05, 4.69) is 15.1 Å². The molecule has 116 valence electrons. The van der Waals surface area contributed by atoms with E-state index in [-0.39, 0.29) is 12.4 Å². The normalized spacial score (nSPS) is 16.8. The van der Waals surface area contributed by atoms with Crippen molar-refractivity contribution in [3.8, 4) is 11.6 Å². The minimum atomic E-state index is -0.433. The van der Waals surface area contributed by atoms with Crippen LogP contribution in [0.1, 0.15) is 37.1 Å². The molecule has 0 atom stereocenters. The summed E-state index contributed by atoms with van der Waals surface area (Å²) in [5.74, 6) is 1.03. The van der Waals surface area contributed by atoms with Gasteiger partial charge in [0.25, 0.3) is 5.89 Å². The maximum absolute atomic E-state index is 6.36. The van der Waals surface area contributed by atoms with Crippen LogP contribution in [-0.4, -0.2) is 19.5 Å². The first-order valence-corrected chi connectivity index (χ1v) is 7.23. The molecule has 4 rings (SSSR count). The van der Waals surface area contributed by atoms with Crippen LogP contribution in [0, 0.1) is 6.92 Å². The number of halogens is 1. The fourth-order valence-corrected chi connectivity index (χ4v) is 2.95.